The fourth-order valence-electron chi connectivity index (χ4n) is 1.98. The predicted molar refractivity (Wildman–Crippen MR) is 81.0 cm³/mol. The number of likely N-dealkylation sites (tertiary alicyclic amines) is 1. The number of methoxy groups -OCH3 is 1. The van der Waals surface area contributed by atoms with E-state index in [-0.39, 0.29) is 12.5 Å². The summed E-state index contributed by atoms with van der Waals surface area (Å²) in [7, 11) is -1.97. The summed E-state index contributed by atoms with van der Waals surface area (Å²) in [4.78, 5) is 11.8. The normalized spacial score (nSPS) is 15.8. The molecule has 0 bridgehead atoms. The van der Waals surface area contributed by atoms with Crippen molar-refractivity contribution in [3.8, 4) is 5.75 Å². The number of ether oxygens (including phenoxy) is 1. The molecule has 1 saturated heterocycles. The first-order valence-corrected chi connectivity index (χ1v) is 8.23. The molecule has 1 amide bonds. The van der Waals surface area contributed by atoms with Crippen molar-refractivity contribution in [3.05, 3.63) is 41.3 Å². The molecule has 0 atom stereocenters. The molecule has 1 aromatic rings. The zero-order valence-electron chi connectivity index (χ0n) is 12.1. The molecule has 0 saturated carbocycles. The van der Waals surface area contributed by atoms with Gasteiger partial charge in [0.25, 0.3) is 0 Å². The second-order valence-corrected chi connectivity index (χ2v) is 6.64. The van der Waals surface area contributed by atoms with Crippen LogP contribution in [0, 0.1) is 5.92 Å². The van der Waals surface area contributed by atoms with Crippen molar-refractivity contribution < 1.29 is 23.1 Å². The van der Waals surface area contributed by atoms with Crippen LogP contribution in [0.4, 0.5) is 4.79 Å². The summed E-state index contributed by atoms with van der Waals surface area (Å²) in [6.45, 7) is 0.849. The number of nitrogens with zero attached hydrogens (tertiary/aromatic N) is 1. The molecule has 1 aliphatic rings. The molecule has 2 rings (SSSR count). The third-order valence-corrected chi connectivity index (χ3v) is 4.41. The van der Waals surface area contributed by atoms with Crippen molar-refractivity contribution in [2.45, 2.75) is 6.54 Å². The van der Waals surface area contributed by atoms with Crippen LogP contribution < -0.4 is 9.46 Å². The fraction of sp³-hybridized carbons (Fsp3) is 0.357. The second kappa shape index (κ2) is 6.80. The van der Waals surface area contributed by atoms with Gasteiger partial charge >= 0.3 is 6.09 Å². The van der Waals surface area contributed by atoms with Gasteiger partial charge in [-0.3, -0.25) is 0 Å². The zero-order valence-corrected chi connectivity index (χ0v) is 12.9. The van der Waals surface area contributed by atoms with Gasteiger partial charge in [-0.1, -0.05) is 18.2 Å². The van der Waals surface area contributed by atoms with E-state index in [4.69, 9.17) is 9.84 Å². The maximum Gasteiger partial charge on any atom is 0.407 e. The summed E-state index contributed by atoms with van der Waals surface area (Å²) in [5.41, 5.74) is 0.818. The molecule has 1 heterocycles. The molecule has 120 valence electrons. The van der Waals surface area contributed by atoms with E-state index in [1.807, 2.05) is 0 Å². The molecule has 0 aliphatic carbocycles. The molecule has 7 nitrogen and oxygen atoms in total. The summed E-state index contributed by atoms with van der Waals surface area (Å²) < 4.78 is 31.2. The Kier molecular flexibility index (Phi) is 5.04. The minimum absolute atomic E-state index is 0.0475. The number of nitrogens with one attached hydrogen (secondary N) is 1. The fourth-order valence-corrected chi connectivity index (χ4v) is 2.87. The number of sulfonamides is 1. The number of rotatable bonds is 6. The van der Waals surface area contributed by atoms with Crippen molar-refractivity contribution in [1.29, 1.82) is 0 Å². The van der Waals surface area contributed by atoms with Gasteiger partial charge in [-0.2, -0.15) is 0 Å². The monoisotopic (exact) mass is 326 g/mol. The van der Waals surface area contributed by atoms with Gasteiger partial charge in [0.05, 0.1) is 7.11 Å². The quantitative estimate of drug-likeness (QED) is 0.820. The lowest BCUT2D eigenvalue weighted by molar-refractivity contribution is 0.0974. The van der Waals surface area contributed by atoms with Crippen LogP contribution in [0.15, 0.2) is 35.7 Å². The van der Waals surface area contributed by atoms with Crippen LogP contribution in [0.1, 0.15) is 5.56 Å². The number of carboxylic acid groups (broad SMARTS) is 1. The average Bonchev–Trinajstić information content (AvgIpc) is 2.43. The van der Waals surface area contributed by atoms with Crippen LogP contribution in [0.25, 0.3) is 0 Å². The Morgan fingerprint density at radius 1 is 1.41 bits per heavy atom. The number of hydrogen-bond acceptors (Lipinski definition) is 4. The average molecular weight is 326 g/mol. The minimum atomic E-state index is -3.53. The van der Waals surface area contributed by atoms with Crippen molar-refractivity contribution in [1.82, 2.24) is 9.62 Å². The molecule has 0 spiro atoms. The van der Waals surface area contributed by atoms with E-state index in [1.54, 1.807) is 31.4 Å². The van der Waals surface area contributed by atoms with Gasteiger partial charge in [-0.15, -0.1) is 0 Å². The Balaban J connectivity index is 1.82. The van der Waals surface area contributed by atoms with E-state index in [9.17, 15) is 13.2 Å². The number of benzene rings is 1. The van der Waals surface area contributed by atoms with Gasteiger partial charge in [0.1, 0.15) is 5.75 Å². The smallest absolute Gasteiger partial charge is 0.407 e. The Hall–Kier alpha value is -2.06. The van der Waals surface area contributed by atoms with Gasteiger partial charge < -0.3 is 14.7 Å². The Morgan fingerprint density at radius 2 is 2.05 bits per heavy atom. The van der Waals surface area contributed by atoms with Crippen LogP contribution >= 0.6 is 0 Å². The lowest BCUT2D eigenvalue weighted by atomic mass is 10.0. The third kappa shape index (κ3) is 4.47. The molecule has 0 aromatic heterocycles. The first-order valence-electron chi connectivity index (χ1n) is 6.68. The molecular formula is C14H18N2O5S. The first-order chi connectivity index (χ1) is 10.4. The van der Waals surface area contributed by atoms with E-state index in [2.05, 4.69) is 4.72 Å². The van der Waals surface area contributed by atoms with Crippen molar-refractivity contribution in [3.63, 3.8) is 0 Å². The summed E-state index contributed by atoms with van der Waals surface area (Å²) >= 11 is 0. The number of amides is 1. The van der Waals surface area contributed by atoms with Crippen molar-refractivity contribution >= 4 is 16.1 Å². The molecule has 0 unspecified atom stereocenters. The summed E-state index contributed by atoms with van der Waals surface area (Å²) in [6.07, 6.45) is 0.542. The first kappa shape index (κ1) is 16.3. The minimum Gasteiger partial charge on any atom is -0.497 e. The van der Waals surface area contributed by atoms with Crippen molar-refractivity contribution in [2.75, 3.05) is 20.2 Å². The molecule has 1 aliphatic heterocycles. The largest absolute Gasteiger partial charge is 0.497 e. The van der Waals surface area contributed by atoms with E-state index in [0.717, 1.165) is 11.0 Å². The number of carbonyl (C=O) groups is 1. The molecule has 0 radical (unpaired) electrons. The molecule has 2 N–H and O–H groups in total. The zero-order chi connectivity index (χ0) is 16.2. The van der Waals surface area contributed by atoms with E-state index in [1.165, 1.54) is 11.0 Å². The molecule has 1 fully saturated rings. The second-order valence-electron chi connectivity index (χ2n) is 4.99. The lowest BCUT2D eigenvalue weighted by Gasteiger charge is -2.35. The van der Waals surface area contributed by atoms with Gasteiger partial charge in [-0.05, 0) is 17.7 Å². The Morgan fingerprint density at radius 3 is 2.59 bits per heavy atom. The molecule has 1 aromatic carbocycles. The Bertz CT molecular complexity index is 648. The van der Waals surface area contributed by atoms with Gasteiger partial charge in [0.2, 0.25) is 10.0 Å². The summed E-state index contributed by atoms with van der Waals surface area (Å²) in [5, 5.41) is 9.79. The highest BCUT2D eigenvalue weighted by Crippen LogP contribution is 2.17. The standard InChI is InChI=1S/C14H18N2O5S/c1-21-13-4-2-11(3-5-13)8-15-22(19,20)7-6-12-9-16(10-12)14(17)18/h2-7,12,15H,8-10H2,1H3,(H,17,18). The summed E-state index contributed by atoms with van der Waals surface area (Å²) in [5.74, 6) is 0.660. The molecular weight excluding hydrogens is 308 g/mol. The SMILES string of the molecule is COc1ccc(CNS(=O)(=O)C=CC2CN(C(=O)O)C2)cc1. The van der Waals surface area contributed by atoms with Crippen LogP contribution in [0.2, 0.25) is 0 Å². The van der Waals surface area contributed by atoms with Gasteiger partial charge in [0, 0.05) is 31.0 Å². The number of hydrogen-bond donors (Lipinski definition) is 2. The maximum atomic E-state index is 11.8. The predicted octanol–water partition coefficient (Wildman–Crippen LogP) is 1.24. The highest BCUT2D eigenvalue weighted by Gasteiger charge is 2.28. The van der Waals surface area contributed by atoms with Crippen LogP contribution in [-0.4, -0.2) is 44.7 Å². The molecule has 22 heavy (non-hydrogen) atoms. The van der Waals surface area contributed by atoms with Crippen molar-refractivity contribution in [2.24, 2.45) is 5.92 Å². The highest BCUT2D eigenvalue weighted by atomic mass is 32.2. The van der Waals surface area contributed by atoms with Crippen LogP contribution in [0.5, 0.6) is 5.75 Å². The topological polar surface area (TPSA) is 95.9 Å². The lowest BCUT2D eigenvalue weighted by Crippen LogP contribution is -2.48. The highest BCUT2D eigenvalue weighted by molar-refractivity contribution is 7.92. The Labute approximate surface area is 129 Å². The van der Waals surface area contributed by atoms with E-state index < -0.39 is 16.1 Å². The van der Waals surface area contributed by atoms with E-state index in [0.29, 0.717) is 18.8 Å². The molecule has 8 heteroatoms. The van der Waals surface area contributed by atoms with Crippen LogP contribution in [0.3, 0.4) is 0 Å². The van der Waals surface area contributed by atoms with Gasteiger partial charge in [-0.25, -0.2) is 17.9 Å². The third-order valence-electron chi connectivity index (χ3n) is 3.35. The maximum absolute atomic E-state index is 11.8. The van der Waals surface area contributed by atoms with Gasteiger partial charge in [0.15, 0.2) is 0 Å². The van der Waals surface area contributed by atoms with Crippen LogP contribution in [-0.2, 0) is 16.6 Å². The van der Waals surface area contributed by atoms with E-state index >= 15 is 0 Å². The summed E-state index contributed by atoms with van der Waals surface area (Å²) in [6, 6.07) is 7.08.